The zero-order chi connectivity index (χ0) is 25.0. The summed E-state index contributed by atoms with van der Waals surface area (Å²) in [6, 6.07) is 4.97. The van der Waals surface area contributed by atoms with E-state index < -0.39 is 10.4 Å². The molecule has 0 aromatic heterocycles. The van der Waals surface area contributed by atoms with Crippen LogP contribution in [0.2, 0.25) is 5.02 Å². The Labute approximate surface area is 202 Å². The minimum Gasteiger partial charge on any atom is -0.508 e. The minimum atomic E-state index is -4.67. The van der Waals surface area contributed by atoms with Crippen LogP contribution in [0.15, 0.2) is 18.2 Å². The predicted molar refractivity (Wildman–Crippen MR) is 136 cm³/mol. The number of rotatable bonds is 13. The van der Waals surface area contributed by atoms with Crippen molar-refractivity contribution in [2.75, 3.05) is 26.2 Å². The molecule has 1 aromatic carbocycles. The molecule has 0 fully saturated rings. The first-order valence-electron chi connectivity index (χ1n) is 12.0. The van der Waals surface area contributed by atoms with Crippen molar-refractivity contribution in [3.63, 3.8) is 0 Å². The maximum absolute atomic E-state index is 9.01. The summed E-state index contributed by atoms with van der Waals surface area (Å²) in [5.74, 6) is 0.279. The number of halogens is 1. The fourth-order valence-corrected chi connectivity index (χ4v) is 3.73. The predicted octanol–water partition coefficient (Wildman–Crippen LogP) is 6.96. The van der Waals surface area contributed by atoms with Crippen molar-refractivity contribution in [3.05, 3.63) is 28.8 Å². The van der Waals surface area contributed by atoms with Gasteiger partial charge in [0.25, 0.3) is 0 Å². The Hall–Kier alpha value is -0.860. The lowest BCUT2D eigenvalue weighted by atomic mass is 10.1. The number of hydrogen-bond donors (Lipinski definition) is 3. The molecule has 0 saturated carbocycles. The van der Waals surface area contributed by atoms with Crippen molar-refractivity contribution < 1.29 is 27.1 Å². The summed E-state index contributed by atoms with van der Waals surface area (Å²) in [4.78, 5) is 0. The molecule has 6 nitrogen and oxygen atoms in total. The number of phenols is 1. The second-order valence-corrected chi connectivity index (χ2v) is 9.53. The Kier molecular flexibility index (Phi) is 20.4. The van der Waals surface area contributed by atoms with Crippen LogP contribution in [0.25, 0.3) is 0 Å². The van der Waals surface area contributed by atoms with E-state index in [1.165, 1.54) is 82.0 Å². The van der Waals surface area contributed by atoms with Gasteiger partial charge in [-0.25, -0.2) is 0 Å². The Morgan fingerprint density at radius 3 is 1.38 bits per heavy atom. The molecule has 0 radical (unpaired) electrons. The molecular formula is C24H47ClNO5S+. The first-order chi connectivity index (χ1) is 15.0. The van der Waals surface area contributed by atoms with Crippen LogP contribution in [0.3, 0.4) is 0 Å². The molecule has 0 unspecified atom stereocenters. The number of phenolic OH excluding ortho intramolecular Hbond substituents is 1. The summed E-state index contributed by atoms with van der Waals surface area (Å²) in [5, 5.41) is 9.73. The second kappa shape index (κ2) is 19.6. The first-order valence-corrected chi connectivity index (χ1v) is 13.8. The van der Waals surface area contributed by atoms with Crippen molar-refractivity contribution in [2.45, 2.75) is 92.4 Å². The summed E-state index contributed by atoms with van der Waals surface area (Å²) in [6.45, 7) is 17.0. The van der Waals surface area contributed by atoms with E-state index >= 15 is 0 Å². The number of quaternary nitrogens is 1. The standard InChI is InChI=1S/C16H36N.C8H9ClO.H2O4S/c1-5-9-13-17(14-10-6-2,15-11-7-3)16-12-8-4;1-2-6-5-7(10)3-4-8(6)9;1-5(2,3)4/h5-16H2,1-4H3;3-5,10H,2H2,1H3;(H2,1,2,3,4)/q+1;;. The molecular weight excluding hydrogens is 450 g/mol. The van der Waals surface area contributed by atoms with E-state index in [4.69, 9.17) is 34.2 Å². The van der Waals surface area contributed by atoms with Gasteiger partial charge in [-0.15, -0.1) is 0 Å². The van der Waals surface area contributed by atoms with Crippen molar-refractivity contribution in [1.82, 2.24) is 0 Å². The smallest absolute Gasteiger partial charge is 0.394 e. The maximum atomic E-state index is 9.01. The Morgan fingerprint density at radius 2 is 1.12 bits per heavy atom. The zero-order valence-electron chi connectivity index (χ0n) is 20.8. The van der Waals surface area contributed by atoms with Crippen LogP contribution in [0, 0.1) is 0 Å². The summed E-state index contributed by atoms with van der Waals surface area (Å²) < 4.78 is 33.0. The summed E-state index contributed by atoms with van der Waals surface area (Å²) in [7, 11) is -4.67. The lowest BCUT2D eigenvalue weighted by Gasteiger charge is -2.39. The second-order valence-electron chi connectivity index (χ2n) is 8.23. The van der Waals surface area contributed by atoms with Crippen LogP contribution in [0.5, 0.6) is 5.75 Å². The number of aryl methyl sites for hydroxylation is 1. The summed E-state index contributed by atoms with van der Waals surface area (Å²) in [6.07, 6.45) is 11.9. The van der Waals surface area contributed by atoms with Crippen LogP contribution in [0.1, 0.15) is 91.5 Å². The fraction of sp³-hybridized carbons (Fsp3) is 0.750. The molecule has 0 spiro atoms. The van der Waals surface area contributed by atoms with Gasteiger partial charge in [0.2, 0.25) is 0 Å². The highest BCUT2D eigenvalue weighted by molar-refractivity contribution is 7.79. The van der Waals surface area contributed by atoms with Crippen molar-refractivity contribution in [2.24, 2.45) is 0 Å². The molecule has 1 rings (SSSR count). The molecule has 0 aliphatic rings. The average Bonchev–Trinajstić information content (AvgIpc) is 2.73. The largest absolute Gasteiger partial charge is 0.508 e. The van der Waals surface area contributed by atoms with E-state index in [2.05, 4.69) is 27.7 Å². The Morgan fingerprint density at radius 1 is 0.781 bits per heavy atom. The monoisotopic (exact) mass is 496 g/mol. The number of aromatic hydroxyl groups is 1. The number of nitrogens with zero attached hydrogens (tertiary/aromatic N) is 1. The van der Waals surface area contributed by atoms with Gasteiger partial charge < -0.3 is 9.59 Å². The van der Waals surface area contributed by atoms with E-state index in [9.17, 15) is 0 Å². The molecule has 0 amide bonds. The molecule has 1 aromatic rings. The fourth-order valence-electron chi connectivity index (χ4n) is 3.48. The minimum absolute atomic E-state index is 0.279. The highest BCUT2D eigenvalue weighted by atomic mass is 35.5. The van der Waals surface area contributed by atoms with Gasteiger partial charge in [-0.3, -0.25) is 9.11 Å². The molecule has 32 heavy (non-hydrogen) atoms. The molecule has 8 heteroatoms. The van der Waals surface area contributed by atoms with Crippen LogP contribution >= 0.6 is 11.6 Å². The summed E-state index contributed by atoms with van der Waals surface area (Å²) in [5.41, 5.74) is 0.988. The van der Waals surface area contributed by atoms with Crippen LogP contribution in [0.4, 0.5) is 0 Å². The third-order valence-corrected chi connectivity index (χ3v) is 5.72. The molecule has 0 saturated heterocycles. The Balaban J connectivity index is 0. The molecule has 3 N–H and O–H groups in total. The van der Waals surface area contributed by atoms with Crippen molar-refractivity contribution in [1.29, 1.82) is 0 Å². The number of unbranched alkanes of at least 4 members (excludes halogenated alkanes) is 4. The van der Waals surface area contributed by atoms with Gasteiger partial charge in [0.15, 0.2) is 0 Å². The van der Waals surface area contributed by atoms with Crippen LogP contribution in [-0.4, -0.2) is 53.3 Å². The molecule has 0 atom stereocenters. The van der Waals surface area contributed by atoms with E-state index in [-0.39, 0.29) is 5.75 Å². The maximum Gasteiger partial charge on any atom is 0.394 e. The molecule has 0 bridgehead atoms. The van der Waals surface area contributed by atoms with Crippen molar-refractivity contribution >= 4 is 22.0 Å². The van der Waals surface area contributed by atoms with Gasteiger partial charge >= 0.3 is 10.4 Å². The van der Waals surface area contributed by atoms with Gasteiger partial charge in [0, 0.05) is 5.02 Å². The SMILES string of the molecule is CCCC[N+](CCCC)(CCCC)CCCC.CCc1cc(O)ccc1Cl.O=S(=O)(O)O. The van der Waals surface area contributed by atoms with E-state index in [1.54, 1.807) is 18.2 Å². The van der Waals surface area contributed by atoms with Crippen LogP contribution in [-0.2, 0) is 16.8 Å². The van der Waals surface area contributed by atoms with Gasteiger partial charge in [0.05, 0.1) is 26.2 Å². The van der Waals surface area contributed by atoms with E-state index in [0.717, 1.165) is 17.0 Å². The van der Waals surface area contributed by atoms with Crippen LogP contribution < -0.4 is 0 Å². The molecule has 0 aliphatic carbocycles. The molecule has 0 heterocycles. The third-order valence-electron chi connectivity index (χ3n) is 5.35. The molecule has 0 aliphatic heterocycles. The van der Waals surface area contributed by atoms with Gasteiger partial charge in [-0.1, -0.05) is 71.9 Å². The Bertz CT molecular complexity index is 637. The van der Waals surface area contributed by atoms with E-state index in [1.807, 2.05) is 6.92 Å². The average molecular weight is 497 g/mol. The lowest BCUT2D eigenvalue weighted by Crippen LogP contribution is -2.50. The lowest BCUT2D eigenvalue weighted by molar-refractivity contribution is -0.929. The number of hydrogen-bond acceptors (Lipinski definition) is 3. The van der Waals surface area contributed by atoms with Gasteiger partial charge in [-0.2, -0.15) is 8.42 Å². The summed E-state index contributed by atoms with van der Waals surface area (Å²) >= 11 is 5.79. The van der Waals surface area contributed by atoms with E-state index in [0.29, 0.717) is 0 Å². The van der Waals surface area contributed by atoms with Gasteiger partial charge in [0.1, 0.15) is 5.75 Å². The van der Waals surface area contributed by atoms with Gasteiger partial charge in [-0.05, 0) is 55.9 Å². The highest BCUT2D eigenvalue weighted by Crippen LogP contribution is 2.21. The topological polar surface area (TPSA) is 94.8 Å². The van der Waals surface area contributed by atoms with Crippen molar-refractivity contribution in [3.8, 4) is 5.75 Å². The third kappa shape index (κ3) is 19.8. The quantitative estimate of drug-likeness (QED) is 0.202. The zero-order valence-corrected chi connectivity index (χ0v) is 22.4. The molecule has 190 valence electrons. The normalized spacial score (nSPS) is 11.2. The highest BCUT2D eigenvalue weighted by Gasteiger charge is 2.24. The number of benzene rings is 1. The first kappa shape index (κ1) is 33.3.